The molecular formula is C18H17N3O4. The molecule has 0 aliphatic heterocycles. The lowest BCUT2D eigenvalue weighted by Crippen LogP contribution is -2.39. The molecule has 0 N–H and O–H groups in total. The van der Waals surface area contributed by atoms with Gasteiger partial charge >= 0.3 is 11.7 Å². The Morgan fingerprint density at radius 3 is 2.60 bits per heavy atom. The fraction of sp³-hybridized carbons (Fsp3) is 0.222. The van der Waals surface area contributed by atoms with Crippen molar-refractivity contribution in [1.29, 1.82) is 0 Å². The van der Waals surface area contributed by atoms with Crippen LogP contribution in [0.15, 0.2) is 52.2 Å². The largest absolute Gasteiger partial charge is 0.462 e. The topological polar surface area (TPSA) is 83.2 Å². The highest BCUT2D eigenvalue weighted by Gasteiger charge is 2.15. The van der Waals surface area contributed by atoms with E-state index in [9.17, 15) is 14.4 Å². The zero-order valence-electron chi connectivity index (χ0n) is 13.9. The molecular weight excluding hydrogens is 322 g/mol. The molecule has 0 spiro atoms. The Hall–Kier alpha value is -3.22. The lowest BCUT2D eigenvalue weighted by Gasteiger charge is -2.11. The molecule has 2 aromatic heterocycles. The first-order valence-electron chi connectivity index (χ1n) is 7.83. The summed E-state index contributed by atoms with van der Waals surface area (Å²) in [5, 5.41) is 0.198. The van der Waals surface area contributed by atoms with E-state index in [2.05, 4.69) is 4.98 Å². The fourth-order valence-electron chi connectivity index (χ4n) is 2.62. The Morgan fingerprint density at radius 1 is 1.20 bits per heavy atom. The fourth-order valence-corrected chi connectivity index (χ4v) is 2.62. The maximum absolute atomic E-state index is 12.8. The second kappa shape index (κ2) is 6.72. The van der Waals surface area contributed by atoms with E-state index in [1.807, 2.05) is 30.3 Å². The molecule has 0 aliphatic rings. The Bertz CT molecular complexity index is 1050. The predicted molar refractivity (Wildman–Crippen MR) is 92.7 cm³/mol. The van der Waals surface area contributed by atoms with Gasteiger partial charge in [-0.3, -0.25) is 13.9 Å². The van der Waals surface area contributed by atoms with Gasteiger partial charge in [-0.15, -0.1) is 0 Å². The number of pyridine rings is 1. The average molecular weight is 339 g/mol. The minimum Gasteiger partial charge on any atom is -0.462 e. The van der Waals surface area contributed by atoms with Crippen molar-refractivity contribution in [1.82, 2.24) is 14.1 Å². The predicted octanol–water partition coefficient (Wildman–Crippen LogP) is 1.32. The number of rotatable bonds is 4. The second-order valence-electron chi connectivity index (χ2n) is 5.53. The average Bonchev–Trinajstić information content (AvgIpc) is 2.64. The monoisotopic (exact) mass is 339 g/mol. The summed E-state index contributed by atoms with van der Waals surface area (Å²) >= 11 is 0. The zero-order valence-corrected chi connectivity index (χ0v) is 13.9. The van der Waals surface area contributed by atoms with Gasteiger partial charge in [0.1, 0.15) is 5.65 Å². The van der Waals surface area contributed by atoms with Gasteiger partial charge in [-0.1, -0.05) is 30.3 Å². The number of nitrogens with zero attached hydrogens (tertiary/aromatic N) is 3. The molecule has 0 fully saturated rings. The third kappa shape index (κ3) is 3.08. The van der Waals surface area contributed by atoms with Crippen molar-refractivity contribution in [3.05, 3.63) is 74.6 Å². The minimum absolute atomic E-state index is 0.145. The van der Waals surface area contributed by atoms with Gasteiger partial charge in [-0.05, 0) is 18.6 Å². The molecule has 0 atom stereocenters. The molecule has 7 heteroatoms. The van der Waals surface area contributed by atoms with E-state index in [4.69, 9.17) is 4.74 Å². The molecule has 25 heavy (non-hydrogen) atoms. The maximum Gasteiger partial charge on any atom is 0.339 e. The summed E-state index contributed by atoms with van der Waals surface area (Å²) in [6, 6.07) is 10.6. The molecule has 128 valence electrons. The number of ether oxygens (including phenoxy) is 1. The summed E-state index contributed by atoms with van der Waals surface area (Å²) in [5.41, 5.74) is 0.289. The van der Waals surface area contributed by atoms with Gasteiger partial charge in [-0.25, -0.2) is 14.6 Å². The lowest BCUT2D eigenvalue weighted by atomic mass is 10.2. The number of hydrogen-bond donors (Lipinski definition) is 0. The number of carbonyl (C=O) groups excluding carboxylic acids is 1. The third-order valence-corrected chi connectivity index (χ3v) is 3.87. The number of carbonyl (C=O) groups is 1. The van der Waals surface area contributed by atoms with E-state index in [1.165, 1.54) is 16.8 Å². The second-order valence-corrected chi connectivity index (χ2v) is 5.53. The van der Waals surface area contributed by atoms with E-state index in [0.29, 0.717) is 0 Å². The highest BCUT2D eigenvalue weighted by molar-refractivity contribution is 5.92. The van der Waals surface area contributed by atoms with Gasteiger partial charge < -0.3 is 4.74 Å². The maximum atomic E-state index is 12.8. The van der Waals surface area contributed by atoms with Crippen molar-refractivity contribution in [2.45, 2.75) is 13.5 Å². The first-order valence-corrected chi connectivity index (χ1v) is 7.83. The number of esters is 1. The van der Waals surface area contributed by atoms with Crippen LogP contribution in [0.25, 0.3) is 11.0 Å². The zero-order chi connectivity index (χ0) is 18.0. The SMILES string of the molecule is CCOC(=O)c1cnc2c(c1)c(=O)n(Cc1ccccc1)c(=O)n2C. The van der Waals surface area contributed by atoms with Crippen LogP contribution in [0.2, 0.25) is 0 Å². The van der Waals surface area contributed by atoms with E-state index in [-0.39, 0.29) is 29.7 Å². The van der Waals surface area contributed by atoms with Crippen molar-refractivity contribution in [2.24, 2.45) is 7.05 Å². The molecule has 0 saturated carbocycles. The normalized spacial score (nSPS) is 10.8. The van der Waals surface area contributed by atoms with Crippen LogP contribution in [0.5, 0.6) is 0 Å². The van der Waals surface area contributed by atoms with Crippen molar-refractivity contribution < 1.29 is 9.53 Å². The minimum atomic E-state index is -0.556. The highest BCUT2D eigenvalue weighted by atomic mass is 16.5. The smallest absolute Gasteiger partial charge is 0.339 e. The molecule has 0 aliphatic carbocycles. The summed E-state index contributed by atoms with van der Waals surface area (Å²) in [6.45, 7) is 2.07. The molecule has 7 nitrogen and oxygen atoms in total. The summed E-state index contributed by atoms with van der Waals surface area (Å²) in [5.74, 6) is -0.556. The summed E-state index contributed by atoms with van der Waals surface area (Å²) in [7, 11) is 1.54. The van der Waals surface area contributed by atoms with Gasteiger partial charge in [0, 0.05) is 13.2 Å². The van der Waals surface area contributed by atoms with Gasteiger partial charge in [0.25, 0.3) is 5.56 Å². The van der Waals surface area contributed by atoms with Crippen LogP contribution in [0, 0.1) is 0 Å². The van der Waals surface area contributed by atoms with Crippen molar-refractivity contribution in [3.63, 3.8) is 0 Å². The standard InChI is InChI=1S/C18H17N3O4/c1-3-25-17(23)13-9-14-15(19-10-13)20(2)18(24)21(16(14)22)11-12-7-5-4-6-8-12/h4-10H,3,11H2,1-2H3. The van der Waals surface area contributed by atoms with Crippen molar-refractivity contribution >= 4 is 17.0 Å². The van der Waals surface area contributed by atoms with Crippen LogP contribution in [0.4, 0.5) is 0 Å². The molecule has 0 amide bonds. The quantitative estimate of drug-likeness (QED) is 0.670. The number of aryl methyl sites for hydroxylation is 1. The number of fused-ring (bicyclic) bond motifs is 1. The number of benzene rings is 1. The van der Waals surface area contributed by atoms with Gasteiger partial charge in [0.05, 0.1) is 24.1 Å². The van der Waals surface area contributed by atoms with Crippen LogP contribution < -0.4 is 11.2 Å². The molecule has 1 aromatic carbocycles. The summed E-state index contributed by atoms with van der Waals surface area (Å²) in [4.78, 5) is 41.3. The molecule has 0 bridgehead atoms. The number of hydrogen-bond acceptors (Lipinski definition) is 5. The highest BCUT2D eigenvalue weighted by Crippen LogP contribution is 2.09. The molecule has 2 heterocycles. The van der Waals surface area contributed by atoms with Gasteiger partial charge in [-0.2, -0.15) is 0 Å². The lowest BCUT2D eigenvalue weighted by molar-refractivity contribution is 0.0526. The molecule has 0 radical (unpaired) electrons. The van der Waals surface area contributed by atoms with Gasteiger partial charge in [0.15, 0.2) is 0 Å². The van der Waals surface area contributed by atoms with Crippen LogP contribution >= 0.6 is 0 Å². The first-order chi connectivity index (χ1) is 12.0. The molecule has 0 unspecified atom stereocenters. The van der Waals surface area contributed by atoms with Crippen molar-refractivity contribution in [2.75, 3.05) is 6.61 Å². The van der Waals surface area contributed by atoms with Gasteiger partial charge in [0.2, 0.25) is 0 Å². The summed E-state index contributed by atoms with van der Waals surface area (Å²) < 4.78 is 7.37. The first kappa shape index (κ1) is 16.6. The molecule has 0 saturated heterocycles. The Labute approximate surface area is 143 Å². The van der Waals surface area contributed by atoms with Crippen LogP contribution in [-0.4, -0.2) is 26.7 Å². The molecule has 3 rings (SSSR count). The van der Waals surface area contributed by atoms with Crippen LogP contribution in [0.1, 0.15) is 22.8 Å². The van der Waals surface area contributed by atoms with E-state index < -0.39 is 17.2 Å². The Balaban J connectivity index is 2.19. The van der Waals surface area contributed by atoms with Crippen molar-refractivity contribution in [3.8, 4) is 0 Å². The van der Waals surface area contributed by atoms with Crippen LogP contribution in [-0.2, 0) is 18.3 Å². The molecule has 3 aromatic rings. The van der Waals surface area contributed by atoms with E-state index in [1.54, 1.807) is 14.0 Å². The van der Waals surface area contributed by atoms with E-state index >= 15 is 0 Å². The van der Waals surface area contributed by atoms with E-state index in [0.717, 1.165) is 10.1 Å². The number of aromatic nitrogens is 3. The van der Waals surface area contributed by atoms with Crippen LogP contribution in [0.3, 0.4) is 0 Å². The Kier molecular flexibility index (Phi) is 4.47. The Morgan fingerprint density at radius 2 is 1.92 bits per heavy atom. The third-order valence-electron chi connectivity index (χ3n) is 3.87. The summed E-state index contributed by atoms with van der Waals surface area (Å²) in [6.07, 6.45) is 1.31.